The molecule has 0 aromatic heterocycles. The molecule has 2 unspecified atom stereocenters. The Labute approximate surface area is 95.9 Å². The van der Waals surface area contributed by atoms with Crippen molar-refractivity contribution < 1.29 is 28.3 Å². The van der Waals surface area contributed by atoms with Gasteiger partial charge in [-0.25, -0.2) is 9.36 Å². The van der Waals surface area contributed by atoms with Gasteiger partial charge in [-0.2, -0.15) is 0 Å². The summed E-state index contributed by atoms with van der Waals surface area (Å²) in [5, 5.41) is 0. The van der Waals surface area contributed by atoms with Crippen LogP contribution < -0.4 is 0 Å². The Balaban J connectivity index is 3.91. The second-order valence-electron chi connectivity index (χ2n) is 2.45. The minimum Gasteiger partial charge on any atom is -0.300 e. The lowest BCUT2D eigenvalue weighted by molar-refractivity contribution is -0.217. The number of hydrogen-bond acceptors (Lipinski definition) is 5. The van der Waals surface area contributed by atoms with Gasteiger partial charge in [-0.05, 0) is 6.42 Å². The van der Waals surface area contributed by atoms with Gasteiger partial charge in [0.25, 0.3) is 0 Å². The largest absolute Gasteiger partial charge is 0.508 e. The number of carbonyl (C=O) groups is 1. The van der Waals surface area contributed by atoms with Gasteiger partial charge in [-0.3, -0.25) is 9.41 Å². The quantitative estimate of drug-likeness (QED) is 0.254. The van der Waals surface area contributed by atoms with Gasteiger partial charge in [-0.1, -0.05) is 34.1 Å². The number of rotatable bonds is 7. The zero-order chi connectivity index (χ0) is 11.9. The molecule has 0 rings (SSSR count). The molecule has 0 aromatic carbocycles. The number of carbonyl (C=O) groups excluding carboxylic acids is 1. The van der Waals surface area contributed by atoms with Crippen LogP contribution in [0.15, 0.2) is 12.7 Å². The van der Waals surface area contributed by atoms with Crippen molar-refractivity contribution in [3.63, 3.8) is 0 Å². The minimum atomic E-state index is -4.35. The van der Waals surface area contributed by atoms with Crippen LogP contribution in [0.5, 0.6) is 0 Å². The summed E-state index contributed by atoms with van der Waals surface area (Å²) in [4.78, 5) is 23.3. The van der Waals surface area contributed by atoms with E-state index in [4.69, 9.17) is 4.89 Å². The molecule has 0 spiro atoms. The van der Waals surface area contributed by atoms with Gasteiger partial charge < -0.3 is 4.89 Å². The summed E-state index contributed by atoms with van der Waals surface area (Å²) >= 11 is 3.19. The van der Waals surface area contributed by atoms with E-state index in [-0.39, 0.29) is 11.4 Å². The summed E-state index contributed by atoms with van der Waals surface area (Å²) < 4.78 is 19.5. The minimum absolute atomic E-state index is 0.0318. The van der Waals surface area contributed by atoms with E-state index < -0.39 is 13.8 Å². The number of alkyl halides is 1. The molecular formula is C7H12BrO6P. The van der Waals surface area contributed by atoms with Crippen molar-refractivity contribution in [2.24, 2.45) is 0 Å². The number of hydrogen-bond donors (Lipinski definition) is 1. The fourth-order valence-corrected chi connectivity index (χ4v) is 1.35. The Kier molecular flexibility index (Phi) is 7.04. The van der Waals surface area contributed by atoms with Crippen molar-refractivity contribution >= 4 is 29.7 Å². The first-order valence-electron chi connectivity index (χ1n) is 4.05. The monoisotopic (exact) mass is 302 g/mol. The molecule has 0 aliphatic rings. The Morgan fingerprint density at radius 3 is 2.80 bits per heavy atom. The van der Waals surface area contributed by atoms with E-state index in [9.17, 15) is 9.36 Å². The molecule has 0 aromatic rings. The first-order valence-corrected chi connectivity index (χ1v) is 6.46. The van der Waals surface area contributed by atoms with Crippen LogP contribution in [0.3, 0.4) is 0 Å². The molecule has 0 heterocycles. The molecule has 0 bridgehead atoms. The number of phosphoric ester groups is 1. The van der Waals surface area contributed by atoms with E-state index in [1.165, 1.54) is 0 Å². The average Bonchev–Trinajstić information content (AvgIpc) is 2.22. The summed E-state index contributed by atoms with van der Waals surface area (Å²) in [5.41, 5.74) is 0. The van der Waals surface area contributed by atoms with Crippen LogP contribution >= 0.6 is 23.8 Å². The topological polar surface area (TPSA) is 82.1 Å². The molecule has 88 valence electrons. The third kappa shape index (κ3) is 7.70. The van der Waals surface area contributed by atoms with Crippen LogP contribution in [0.2, 0.25) is 0 Å². The maximum absolute atomic E-state index is 11.0. The zero-order valence-electron chi connectivity index (χ0n) is 8.09. The van der Waals surface area contributed by atoms with E-state index >= 15 is 0 Å². The highest BCUT2D eigenvalue weighted by Crippen LogP contribution is 2.43. The Bertz CT molecular complexity index is 268. The summed E-state index contributed by atoms with van der Waals surface area (Å²) in [7, 11) is -4.35. The van der Waals surface area contributed by atoms with Crippen molar-refractivity contribution in [3.8, 4) is 0 Å². The van der Waals surface area contributed by atoms with Crippen molar-refractivity contribution in [1.82, 2.24) is 0 Å². The molecule has 0 aliphatic carbocycles. The van der Waals surface area contributed by atoms with Crippen molar-refractivity contribution in [1.29, 1.82) is 0 Å². The van der Waals surface area contributed by atoms with E-state index in [0.717, 1.165) is 6.08 Å². The lowest BCUT2D eigenvalue weighted by Crippen LogP contribution is -2.08. The lowest BCUT2D eigenvalue weighted by Gasteiger charge is -2.11. The fraction of sp³-hybridized carbons (Fsp3) is 0.571. The molecule has 15 heavy (non-hydrogen) atoms. The van der Waals surface area contributed by atoms with Gasteiger partial charge in [0.05, 0.1) is 6.61 Å². The van der Waals surface area contributed by atoms with Crippen LogP contribution in [-0.2, 0) is 23.4 Å². The molecule has 2 atom stereocenters. The molecule has 8 heteroatoms. The maximum Gasteiger partial charge on any atom is 0.508 e. The molecule has 0 amide bonds. The molecule has 0 fully saturated rings. The van der Waals surface area contributed by atoms with Gasteiger partial charge in [-0.15, -0.1) is 0 Å². The van der Waals surface area contributed by atoms with Crippen LogP contribution in [0.4, 0.5) is 0 Å². The van der Waals surface area contributed by atoms with Crippen molar-refractivity contribution in [2.45, 2.75) is 18.2 Å². The molecule has 0 saturated carbocycles. The van der Waals surface area contributed by atoms with Gasteiger partial charge in [0, 0.05) is 10.9 Å². The lowest BCUT2D eigenvalue weighted by atomic mass is 10.4. The first-order chi connectivity index (χ1) is 6.91. The van der Waals surface area contributed by atoms with E-state index in [2.05, 4.69) is 36.6 Å². The Morgan fingerprint density at radius 1 is 1.73 bits per heavy atom. The molecule has 0 saturated heterocycles. The second-order valence-corrected chi connectivity index (χ2v) is 5.09. The van der Waals surface area contributed by atoms with E-state index in [1.807, 2.05) is 6.92 Å². The fourth-order valence-electron chi connectivity index (χ4n) is 0.432. The zero-order valence-corrected chi connectivity index (χ0v) is 10.6. The highest BCUT2D eigenvalue weighted by Gasteiger charge is 2.25. The summed E-state index contributed by atoms with van der Waals surface area (Å²) in [6.07, 6.45) is 1.51. The predicted molar refractivity (Wildman–Crippen MR) is 56.2 cm³/mol. The van der Waals surface area contributed by atoms with Gasteiger partial charge in [0.2, 0.25) is 0 Å². The molecule has 6 nitrogen and oxygen atoms in total. The second kappa shape index (κ2) is 7.14. The van der Waals surface area contributed by atoms with Gasteiger partial charge in [0.1, 0.15) is 0 Å². The first kappa shape index (κ1) is 14.8. The van der Waals surface area contributed by atoms with Crippen molar-refractivity contribution in [3.05, 3.63) is 12.7 Å². The highest BCUT2D eigenvalue weighted by molar-refractivity contribution is 9.09. The number of phosphoric acid groups is 1. The smallest absolute Gasteiger partial charge is 0.300 e. The third-order valence-corrected chi connectivity index (χ3v) is 2.89. The van der Waals surface area contributed by atoms with Gasteiger partial charge >= 0.3 is 13.8 Å². The number of halogens is 1. The predicted octanol–water partition coefficient (Wildman–Crippen LogP) is 1.94. The van der Waals surface area contributed by atoms with Crippen molar-refractivity contribution in [2.75, 3.05) is 6.61 Å². The van der Waals surface area contributed by atoms with Crippen LogP contribution in [-0.4, -0.2) is 22.3 Å². The summed E-state index contributed by atoms with van der Waals surface area (Å²) in [5.74, 6) is -0.973. The van der Waals surface area contributed by atoms with E-state index in [1.54, 1.807) is 0 Å². The van der Waals surface area contributed by atoms with Crippen LogP contribution in [0.25, 0.3) is 0 Å². The summed E-state index contributed by atoms with van der Waals surface area (Å²) in [6.45, 7) is 4.91. The molecular weight excluding hydrogens is 291 g/mol. The van der Waals surface area contributed by atoms with Gasteiger partial charge in [0.15, 0.2) is 0 Å². The third-order valence-electron chi connectivity index (χ3n) is 1.24. The molecule has 0 radical (unpaired) electrons. The Morgan fingerprint density at radius 2 is 2.33 bits per heavy atom. The average molecular weight is 303 g/mol. The SMILES string of the molecule is C=CC(=O)OOP(=O)(O)OCC(Br)CC. The van der Waals surface area contributed by atoms with Crippen LogP contribution in [0, 0.1) is 0 Å². The van der Waals surface area contributed by atoms with Crippen LogP contribution in [0.1, 0.15) is 13.3 Å². The molecule has 1 N–H and O–H groups in total. The summed E-state index contributed by atoms with van der Waals surface area (Å²) in [6, 6.07) is 0. The van der Waals surface area contributed by atoms with E-state index in [0.29, 0.717) is 6.42 Å². The maximum atomic E-state index is 11.0. The Hall–Kier alpha value is -0.200. The molecule has 0 aliphatic heterocycles. The standard InChI is InChI=1S/C7H12BrO6P/c1-3-6(8)5-12-15(10,11)14-13-7(9)4-2/h4,6H,2-3,5H2,1H3,(H,10,11). The highest BCUT2D eigenvalue weighted by atomic mass is 79.9. The normalized spacial score (nSPS) is 16.5.